The third-order valence-electron chi connectivity index (χ3n) is 5.39. The van der Waals surface area contributed by atoms with Crippen LogP contribution in [0.25, 0.3) is 0 Å². The van der Waals surface area contributed by atoms with Crippen molar-refractivity contribution in [2.45, 2.75) is 38.5 Å². The molecule has 3 nitrogen and oxygen atoms in total. The van der Waals surface area contributed by atoms with E-state index in [0.717, 1.165) is 23.4 Å². The van der Waals surface area contributed by atoms with Gasteiger partial charge in [-0.15, -0.1) is 11.3 Å². The van der Waals surface area contributed by atoms with E-state index in [0.29, 0.717) is 5.92 Å². The Morgan fingerprint density at radius 1 is 1.04 bits per heavy atom. The zero-order valence-corrected chi connectivity index (χ0v) is 16.3. The lowest BCUT2D eigenvalue weighted by Gasteiger charge is -2.38. The van der Waals surface area contributed by atoms with E-state index in [1.54, 1.807) is 11.3 Å². The lowest BCUT2D eigenvalue weighted by molar-refractivity contribution is -0.0190. The first-order valence-electron chi connectivity index (χ1n) is 9.46. The molecule has 0 spiro atoms. The van der Waals surface area contributed by atoms with Gasteiger partial charge in [0.1, 0.15) is 5.75 Å². The Kier molecular flexibility index (Phi) is 4.01. The van der Waals surface area contributed by atoms with Gasteiger partial charge in [-0.3, -0.25) is 0 Å². The molecular weight excluding hydrogens is 352 g/mol. The van der Waals surface area contributed by atoms with Gasteiger partial charge in [-0.1, -0.05) is 62.4 Å². The first-order chi connectivity index (χ1) is 13.2. The van der Waals surface area contributed by atoms with Crippen LogP contribution in [-0.4, -0.2) is 10.7 Å². The molecule has 27 heavy (non-hydrogen) atoms. The maximum atomic E-state index is 6.42. The summed E-state index contributed by atoms with van der Waals surface area (Å²) in [6.45, 7) is 4.44. The van der Waals surface area contributed by atoms with Gasteiger partial charge in [0.2, 0.25) is 6.23 Å². The highest BCUT2D eigenvalue weighted by Crippen LogP contribution is 2.47. The molecule has 2 aromatic carbocycles. The number of fused-ring (bicyclic) bond motifs is 3. The first-order valence-corrected chi connectivity index (χ1v) is 10.3. The average molecular weight is 375 g/mol. The molecule has 2 aliphatic heterocycles. The van der Waals surface area contributed by atoms with Crippen LogP contribution in [0.1, 0.15) is 60.0 Å². The van der Waals surface area contributed by atoms with Gasteiger partial charge in [0.25, 0.3) is 0 Å². The normalized spacial score (nSPS) is 20.9. The van der Waals surface area contributed by atoms with Crippen LogP contribution >= 0.6 is 11.3 Å². The number of hydrogen-bond donors (Lipinski definition) is 0. The van der Waals surface area contributed by atoms with E-state index in [1.807, 2.05) is 6.07 Å². The molecule has 4 heteroatoms. The Labute approximate surface area is 163 Å². The summed E-state index contributed by atoms with van der Waals surface area (Å²) in [6, 6.07) is 21.6. The molecule has 0 amide bonds. The quantitative estimate of drug-likeness (QED) is 0.552. The fraction of sp³-hybridized carbons (Fsp3) is 0.261. The zero-order valence-electron chi connectivity index (χ0n) is 15.5. The summed E-state index contributed by atoms with van der Waals surface area (Å²) in [5.41, 5.74) is 4.87. The number of para-hydroxylation sites is 1. The molecule has 136 valence electrons. The third kappa shape index (κ3) is 2.85. The summed E-state index contributed by atoms with van der Waals surface area (Å²) < 4.78 is 6.42. The van der Waals surface area contributed by atoms with E-state index in [1.165, 1.54) is 16.0 Å². The van der Waals surface area contributed by atoms with Crippen molar-refractivity contribution >= 4 is 17.0 Å². The van der Waals surface area contributed by atoms with E-state index in [9.17, 15) is 0 Å². The SMILES string of the molecule is CC(C)c1ccc([C@@H]2Oc3ccccc3[C@H]3CC(c4cccs4)=NN32)cc1. The first kappa shape index (κ1) is 16.6. The Balaban J connectivity index is 1.56. The van der Waals surface area contributed by atoms with Gasteiger partial charge in [0.05, 0.1) is 16.6 Å². The van der Waals surface area contributed by atoms with Gasteiger partial charge in [-0.05, 0) is 29.0 Å². The van der Waals surface area contributed by atoms with Crippen LogP contribution < -0.4 is 4.74 Å². The Morgan fingerprint density at radius 3 is 2.59 bits per heavy atom. The predicted molar refractivity (Wildman–Crippen MR) is 110 cm³/mol. The summed E-state index contributed by atoms with van der Waals surface area (Å²) in [6.07, 6.45) is 0.727. The van der Waals surface area contributed by atoms with Gasteiger partial charge < -0.3 is 4.74 Å². The molecule has 5 rings (SSSR count). The molecule has 0 unspecified atom stereocenters. The van der Waals surface area contributed by atoms with Crippen molar-refractivity contribution in [2.24, 2.45) is 5.10 Å². The van der Waals surface area contributed by atoms with Gasteiger partial charge in [-0.25, -0.2) is 5.01 Å². The monoisotopic (exact) mass is 374 g/mol. The van der Waals surface area contributed by atoms with Crippen LogP contribution in [0.4, 0.5) is 0 Å². The lowest BCUT2D eigenvalue weighted by Crippen LogP contribution is -2.33. The summed E-state index contributed by atoms with van der Waals surface area (Å²) in [5.74, 6) is 1.49. The highest BCUT2D eigenvalue weighted by Gasteiger charge is 2.40. The van der Waals surface area contributed by atoms with E-state index < -0.39 is 0 Å². The van der Waals surface area contributed by atoms with Crippen molar-refractivity contribution in [3.8, 4) is 5.75 Å². The van der Waals surface area contributed by atoms with Crippen molar-refractivity contribution in [1.29, 1.82) is 0 Å². The lowest BCUT2D eigenvalue weighted by atomic mass is 9.97. The zero-order chi connectivity index (χ0) is 18.4. The van der Waals surface area contributed by atoms with Crippen LogP contribution in [0.3, 0.4) is 0 Å². The molecule has 0 radical (unpaired) electrons. The molecule has 0 bridgehead atoms. The number of hydrazone groups is 1. The molecular formula is C23H22N2OS. The third-order valence-corrected chi connectivity index (χ3v) is 6.31. The van der Waals surface area contributed by atoms with E-state index >= 15 is 0 Å². The van der Waals surface area contributed by atoms with E-state index in [-0.39, 0.29) is 12.3 Å². The number of rotatable bonds is 3. The molecule has 2 atom stereocenters. The minimum atomic E-state index is -0.191. The topological polar surface area (TPSA) is 24.8 Å². The molecule has 1 aromatic heterocycles. The smallest absolute Gasteiger partial charge is 0.213 e. The minimum absolute atomic E-state index is 0.191. The average Bonchev–Trinajstić information content (AvgIpc) is 3.37. The fourth-order valence-corrected chi connectivity index (χ4v) is 4.61. The molecule has 0 saturated carbocycles. The second kappa shape index (κ2) is 6.54. The molecule has 2 aliphatic rings. The van der Waals surface area contributed by atoms with E-state index in [2.05, 4.69) is 78.8 Å². The van der Waals surface area contributed by atoms with Gasteiger partial charge in [-0.2, -0.15) is 5.10 Å². The molecule has 0 N–H and O–H groups in total. The number of nitrogens with zero attached hydrogens (tertiary/aromatic N) is 2. The molecule has 0 fully saturated rings. The maximum Gasteiger partial charge on any atom is 0.213 e. The van der Waals surface area contributed by atoms with Crippen molar-refractivity contribution < 1.29 is 4.74 Å². The predicted octanol–water partition coefficient (Wildman–Crippen LogP) is 6.11. The Bertz CT molecular complexity index is 976. The number of benzene rings is 2. The van der Waals surface area contributed by atoms with Crippen molar-refractivity contribution in [2.75, 3.05) is 0 Å². The van der Waals surface area contributed by atoms with Crippen molar-refractivity contribution in [1.82, 2.24) is 5.01 Å². The molecule has 0 saturated heterocycles. The molecule has 0 aliphatic carbocycles. The van der Waals surface area contributed by atoms with Crippen LogP contribution in [0, 0.1) is 0 Å². The number of ether oxygens (including phenoxy) is 1. The Morgan fingerprint density at radius 2 is 1.85 bits per heavy atom. The van der Waals surface area contributed by atoms with Crippen LogP contribution in [0.2, 0.25) is 0 Å². The summed E-state index contributed by atoms with van der Waals surface area (Å²) in [4.78, 5) is 1.25. The van der Waals surface area contributed by atoms with Crippen LogP contribution in [0.15, 0.2) is 71.1 Å². The molecule has 3 aromatic rings. The second-order valence-corrected chi connectivity index (χ2v) is 8.40. The highest BCUT2D eigenvalue weighted by atomic mass is 32.1. The van der Waals surface area contributed by atoms with Crippen LogP contribution in [0.5, 0.6) is 5.75 Å². The maximum absolute atomic E-state index is 6.42. The largest absolute Gasteiger partial charge is 0.464 e. The van der Waals surface area contributed by atoms with Gasteiger partial charge in [0, 0.05) is 17.5 Å². The van der Waals surface area contributed by atoms with Crippen molar-refractivity contribution in [3.05, 3.63) is 87.6 Å². The summed E-state index contributed by atoms with van der Waals surface area (Å²) in [7, 11) is 0. The fourth-order valence-electron chi connectivity index (χ4n) is 3.89. The summed E-state index contributed by atoms with van der Waals surface area (Å²) >= 11 is 1.75. The minimum Gasteiger partial charge on any atom is -0.464 e. The Hall–Kier alpha value is -2.59. The second-order valence-electron chi connectivity index (χ2n) is 7.45. The number of thiophene rings is 1. The van der Waals surface area contributed by atoms with E-state index in [4.69, 9.17) is 9.84 Å². The molecule has 3 heterocycles. The van der Waals surface area contributed by atoms with Crippen molar-refractivity contribution in [3.63, 3.8) is 0 Å². The highest BCUT2D eigenvalue weighted by molar-refractivity contribution is 7.12. The van der Waals surface area contributed by atoms with Gasteiger partial charge >= 0.3 is 0 Å². The standard InChI is InChI=1S/C23H22N2OS/c1-15(2)16-9-11-17(12-10-16)23-25-20(18-6-3-4-7-21(18)26-23)14-19(24-25)22-8-5-13-27-22/h3-13,15,20,23H,14H2,1-2H3/t20-,23+/m1/s1. The van der Waals surface area contributed by atoms with Crippen LogP contribution in [-0.2, 0) is 0 Å². The van der Waals surface area contributed by atoms with Gasteiger partial charge in [0.15, 0.2) is 0 Å². The summed E-state index contributed by atoms with van der Waals surface area (Å²) in [5, 5.41) is 9.27. The number of hydrogen-bond acceptors (Lipinski definition) is 4.